The van der Waals surface area contributed by atoms with Gasteiger partial charge in [0.15, 0.2) is 15.6 Å². The van der Waals surface area contributed by atoms with Crippen molar-refractivity contribution in [2.75, 3.05) is 12.8 Å². The maximum absolute atomic E-state index is 13.4. The van der Waals surface area contributed by atoms with Crippen LogP contribution in [0.1, 0.15) is 27.2 Å². The van der Waals surface area contributed by atoms with E-state index >= 15 is 0 Å². The molecule has 1 fully saturated rings. The van der Waals surface area contributed by atoms with Crippen molar-refractivity contribution in [2.24, 2.45) is 5.73 Å². The lowest BCUT2D eigenvalue weighted by atomic mass is 10.2. The summed E-state index contributed by atoms with van der Waals surface area (Å²) in [4.78, 5) is 40.5. The topological polar surface area (TPSA) is 111 Å². The molecule has 3 N–H and O–H groups in total. The van der Waals surface area contributed by atoms with E-state index in [0.29, 0.717) is 12.5 Å². The van der Waals surface area contributed by atoms with Crippen LogP contribution in [0.15, 0.2) is 18.2 Å². The number of amides is 3. The van der Waals surface area contributed by atoms with Gasteiger partial charge in [0, 0.05) is 12.2 Å². The Kier molecular flexibility index (Phi) is 7.47. The zero-order valence-corrected chi connectivity index (χ0v) is 18.2. The minimum absolute atomic E-state index is 0.0410. The Labute approximate surface area is 175 Å². The van der Waals surface area contributed by atoms with Gasteiger partial charge >= 0.3 is 6.09 Å². The lowest BCUT2D eigenvalue weighted by molar-refractivity contribution is -0.123. The highest BCUT2D eigenvalue weighted by Crippen LogP contribution is 2.21. The van der Waals surface area contributed by atoms with Crippen molar-refractivity contribution in [3.63, 3.8) is 0 Å². The van der Waals surface area contributed by atoms with Crippen LogP contribution >= 0.6 is 11.6 Å². The van der Waals surface area contributed by atoms with E-state index in [9.17, 15) is 18.8 Å². The highest BCUT2D eigenvalue weighted by atomic mass is 35.5. The average Bonchev–Trinajstić information content (AvgIpc) is 2.61. The van der Waals surface area contributed by atoms with Crippen LogP contribution in [0.25, 0.3) is 0 Å². The van der Waals surface area contributed by atoms with E-state index in [-0.39, 0.29) is 23.5 Å². The summed E-state index contributed by atoms with van der Waals surface area (Å²) in [5.74, 6) is -1.49. The fraction of sp³-hybridized carbons (Fsp3) is 0.500. The Bertz CT molecular complexity index is 789. The molecule has 0 saturated carbocycles. The summed E-state index contributed by atoms with van der Waals surface area (Å²) >= 11 is 5.60. The fourth-order valence-corrected chi connectivity index (χ4v) is 5.05. The van der Waals surface area contributed by atoms with Crippen molar-refractivity contribution in [3.8, 4) is 5.75 Å². The van der Waals surface area contributed by atoms with Gasteiger partial charge in [0.1, 0.15) is 23.2 Å². The first-order chi connectivity index (χ1) is 13.5. The number of carbonyl (C=O) groups is 3. The summed E-state index contributed by atoms with van der Waals surface area (Å²) in [5.41, 5.74) is 4.69. The van der Waals surface area contributed by atoms with Gasteiger partial charge in [0.25, 0.3) is 0 Å². The first-order valence-electron chi connectivity index (χ1n) is 8.97. The van der Waals surface area contributed by atoms with E-state index in [4.69, 9.17) is 26.8 Å². The van der Waals surface area contributed by atoms with Crippen LogP contribution in [-0.4, -0.2) is 56.2 Å². The molecule has 1 heterocycles. The summed E-state index contributed by atoms with van der Waals surface area (Å²) in [6.07, 6.45) is -0.133. The number of nitrogens with two attached hydrogens (primary N) is 1. The molecule has 0 aliphatic carbocycles. The predicted molar refractivity (Wildman–Crippen MR) is 106 cm³/mol. The Balaban J connectivity index is 1.94. The van der Waals surface area contributed by atoms with Crippen LogP contribution in [0.5, 0.6) is 5.75 Å². The summed E-state index contributed by atoms with van der Waals surface area (Å²) in [5, 5.41) is -0.0410. The number of ether oxygens (including phenoxy) is 2. The number of rotatable bonds is 5. The van der Waals surface area contributed by atoms with Crippen molar-refractivity contribution in [1.82, 2.24) is 9.88 Å². The first kappa shape index (κ1) is 23.0. The van der Waals surface area contributed by atoms with Gasteiger partial charge < -0.3 is 20.2 Å². The van der Waals surface area contributed by atoms with Crippen molar-refractivity contribution in [1.29, 1.82) is 0 Å². The quantitative estimate of drug-likeness (QED) is 0.675. The standard InChI is InChI=1S/C18H24ClFN3O5Si/c1-18(2,3)28-17(26)23-10-29(7-6-14(23)16(21)25)22-15(24)9-27-11-4-5-12(19)13(20)8-11/h4-5,8,14H,6-7,9-10H2,1-3H3,(H2,21,25)(H,22,24)/t14-/m1/s1. The third kappa shape index (κ3) is 6.89. The van der Waals surface area contributed by atoms with Gasteiger partial charge in [-0.05, 0) is 45.4 Å². The minimum atomic E-state index is -1.54. The van der Waals surface area contributed by atoms with E-state index < -0.39 is 44.3 Å². The zero-order chi connectivity index (χ0) is 21.8. The molecule has 0 unspecified atom stereocenters. The number of nitrogens with zero attached hydrogens (tertiary/aromatic N) is 1. The Morgan fingerprint density at radius 3 is 2.66 bits per heavy atom. The van der Waals surface area contributed by atoms with Crippen LogP contribution in [0.2, 0.25) is 11.1 Å². The van der Waals surface area contributed by atoms with Gasteiger partial charge in [0.05, 0.1) is 5.02 Å². The Hall–Kier alpha value is -2.33. The molecule has 1 aromatic carbocycles. The van der Waals surface area contributed by atoms with E-state index in [1.807, 2.05) is 0 Å². The highest BCUT2D eigenvalue weighted by Gasteiger charge is 2.38. The smallest absolute Gasteiger partial charge is 0.410 e. The molecule has 1 aliphatic rings. The molecule has 159 valence electrons. The molecule has 1 aliphatic heterocycles. The predicted octanol–water partition coefficient (Wildman–Crippen LogP) is 2.00. The molecule has 1 saturated heterocycles. The number of nitrogens with one attached hydrogen (secondary N) is 1. The van der Waals surface area contributed by atoms with Gasteiger partial charge in [0.2, 0.25) is 11.8 Å². The summed E-state index contributed by atoms with van der Waals surface area (Å²) < 4.78 is 24.0. The molecular weight excluding hydrogens is 421 g/mol. The SMILES string of the molecule is CC(C)(C)OC(=O)N1C[Si](NC(=O)COc2ccc(Cl)c(F)c2)CC[C@@H]1C(N)=O. The lowest BCUT2D eigenvalue weighted by Gasteiger charge is -2.37. The van der Waals surface area contributed by atoms with E-state index in [1.54, 1.807) is 20.8 Å². The average molecular weight is 445 g/mol. The summed E-state index contributed by atoms with van der Waals surface area (Å²) in [7, 11) is -1.54. The Morgan fingerprint density at radius 1 is 1.38 bits per heavy atom. The molecule has 8 nitrogen and oxygen atoms in total. The molecule has 2 rings (SSSR count). The molecule has 0 bridgehead atoms. The van der Waals surface area contributed by atoms with Gasteiger partial charge in [-0.3, -0.25) is 14.5 Å². The minimum Gasteiger partial charge on any atom is -0.484 e. The van der Waals surface area contributed by atoms with Crippen LogP contribution in [0.3, 0.4) is 0 Å². The lowest BCUT2D eigenvalue weighted by Crippen LogP contribution is -2.60. The number of hydrogen-bond acceptors (Lipinski definition) is 5. The van der Waals surface area contributed by atoms with Crippen LogP contribution < -0.4 is 15.5 Å². The van der Waals surface area contributed by atoms with E-state index in [0.717, 1.165) is 6.07 Å². The van der Waals surface area contributed by atoms with Gasteiger partial charge in [-0.2, -0.15) is 0 Å². The highest BCUT2D eigenvalue weighted by molar-refractivity contribution is 6.59. The number of hydrogen-bond donors (Lipinski definition) is 2. The number of benzene rings is 1. The van der Waals surface area contributed by atoms with Crippen molar-refractivity contribution in [3.05, 3.63) is 29.0 Å². The van der Waals surface area contributed by atoms with Crippen LogP contribution in [0, 0.1) is 5.82 Å². The molecule has 1 radical (unpaired) electrons. The van der Waals surface area contributed by atoms with Gasteiger partial charge in [-0.1, -0.05) is 11.6 Å². The molecule has 1 atom stereocenters. The number of primary amides is 1. The normalized spacial score (nSPS) is 17.6. The molecule has 0 spiro atoms. The largest absolute Gasteiger partial charge is 0.484 e. The zero-order valence-electron chi connectivity index (χ0n) is 16.5. The second-order valence-electron chi connectivity index (χ2n) is 7.58. The number of carbonyl (C=O) groups excluding carboxylic acids is 3. The third-order valence-electron chi connectivity index (χ3n) is 3.99. The van der Waals surface area contributed by atoms with E-state index in [2.05, 4.69) is 4.98 Å². The van der Waals surface area contributed by atoms with Gasteiger partial charge in [-0.15, -0.1) is 0 Å². The monoisotopic (exact) mass is 444 g/mol. The van der Waals surface area contributed by atoms with E-state index in [1.165, 1.54) is 17.0 Å². The maximum atomic E-state index is 13.4. The van der Waals surface area contributed by atoms with Crippen molar-refractivity contribution < 1.29 is 28.2 Å². The first-order valence-corrected chi connectivity index (χ1v) is 11.3. The molecule has 11 heteroatoms. The summed E-state index contributed by atoms with van der Waals surface area (Å²) in [6.45, 7) is 4.84. The van der Waals surface area contributed by atoms with Crippen molar-refractivity contribution >= 4 is 38.5 Å². The van der Waals surface area contributed by atoms with Crippen LogP contribution in [-0.2, 0) is 14.3 Å². The molecule has 29 heavy (non-hydrogen) atoms. The fourth-order valence-electron chi connectivity index (χ4n) is 2.72. The number of halogens is 2. The maximum Gasteiger partial charge on any atom is 0.410 e. The summed E-state index contributed by atoms with van der Waals surface area (Å²) in [6, 6.07) is 3.66. The third-order valence-corrected chi connectivity index (χ3v) is 6.54. The second kappa shape index (κ2) is 9.44. The molecule has 0 aromatic heterocycles. The van der Waals surface area contributed by atoms with Crippen molar-refractivity contribution in [2.45, 2.75) is 44.9 Å². The van der Waals surface area contributed by atoms with Gasteiger partial charge in [-0.25, -0.2) is 9.18 Å². The second-order valence-corrected chi connectivity index (χ2v) is 10.3. The molecular formula is C18H24ClFN3O5Si. The Morgan fingerprint density at radius 2 is 2.07 bits per heavy atom. The van der Waals surface area contributed by atoms with Crippen LogP contribution in [0.4, 0.5) is 9.18 Å². The molecule has 3 amide bonds. The molecule has 1 aromatic rings.